The van der Waals surface area contributed by atoms with E-state index < -0.39 is 23.3 Å². The zero-order valence-electron chi connectivity index (χ0n) is 20.5. The van der Waals surface area contributed by atoms with E-state index in [1.54, 1.807) is 25.1 Å². The first kappa shape index (κ1) is 25.5. The highest BCUT2D eigenvalue weighted by Gasteiger charge is 2.22. The molecule has 3 aromatic rings. The Hall–Kier alpha value is -3.59. The number of nitrogens with zero attached hydrogens (tertiary/aromatic N) is 3. The third kappa shape index (κ3) is 6.15. The predicted molar refractivity (Wildman–Crippen MR) is 136 cm³/mol. The summed E-state index contributed by atoms with van der Waals surface area (Å²) in [5.41, 5.74) is 1.18. The Balaban J connectivity index is 1.76. The van der Waals surface area contributed by atoms with Gasteiger partial charge in [0.05, 0.1) is 36.9 Å². The molecule has 1 aliphatic rings. The summed E-state index contributed by atoms with van der Waals surface area (Å²) in [7, 11) is 1.26. The fraction of sp³-hybridized carbons (Fsp3) is 0.385. The molecule has 1 N–H and O–H groups in total. The second kappa shape index (κ2) is 11.0. The minimum absolute atomic E-state index is 0.0651. The Kier molecular flexibility index (Phi) is 7.79. The topological polar surface area (TPSA) is 108 Å². The Morgan fingerprint density at radius 3 is 2.53 bits per heavy atom. The molecule has 0 unspecified atom stereocenters. The summed E-state index contributed by atoms with van der Waals surface area (Å²) in [6, 6.07) is 12.8. The van der Waals surface area contributed by atoms with Crippen LogP contribution in [0, 0.1) is 18.8 Å². The SMILES string of the molecule is COC(=O)[C@@H](C)Cn1c(=O)[nH]/c(=N\c2ccc(OCC3CC3)c(Cl)c2)n(Cc2ccc(C)cc2)c1=O. The average molecular weight is 513 g/mol. The van der Waals surface area contributed by atoms with Crippen LogP contribution in [0.2, 0.25) is 5.02 Å². The standard InChI is InChI=1S/C26H29ClN4O5/c1-16-4-6-18(7-5-16)14-30-24(29-25(33)31(26(30)34)13-17(2)23(32)35-3)28-20-10-11-22(21(27)12-20)36-15-19-8-9-19/h4-7,10-12,17,19H,8-9,13-15H2,1-3H3,(H,28,29,33)/t17-/m0/s1. The fourth-order valence-corrected chi connectivity index (χ4v) is 3.89. The van der Waals surface area contributed by atoms with Gasteiger partial charge in [-0.05, 0) is 49.4 Å². The zero-order valence-corrected chi connectivity index (χ0v) is 21.2. The molecular weight excluding hydrogens is 484 g/mol. The van der Waals surface area contributed by atoms with E-state index in [4.69, 9.17) is 21.1 Å². The van der Waals surface area contributed by atoms with Gasteiger partial charge in [-0.1, -0.05) is 48.4 Å². The zero-order chi connectivity index (χ0) is 25.8. The molecule has 1 aliphatic carbocycles. The number of hydrogen-bond acceptors (Lipinski definition) is 6. The highest BCUT2D eigenvalue weighted by atomic mass is 35.5. The number of aryl methyl sites for hydroxylation is 1. The number of esters is 1. The third-order valence-corrected chi connectivity index (χ3v) is 6.32. The summed E-state index contributed by atoms with van der Waals surface area (Å²) in [6.07, 6.45) is 2.34. The number of halogens is 1. The second-order valence-electron chi connectivity index (χ2n) is 9.12. The summed E-state index contributed by atoms with van der Waals surface area (Å²) in [6.45, 7) is 4.23. The number of ether oxygens (including phenoxy) is 2. The first-order valence-electron chi connectivity index (χ1n) is 11.8. The van der Waals surface area contributed by atoms with Gasteiger partial charge in [0, 0.05) is 6.54 Å². The van der Waals surface area contributed by atoms with Gasteiger partial charge in [0.1, 0.15) is 5.75 Å². The molecule has 1 heterocycles. The number of benzene rings is 2. The molecule has 1 atom stereocenters. The van der Waals surface area contributed by atoms with Crippen LogP contribution in [0.1, 0.15) is 30.9 Å². The number of aromatic nitrogens is 3. The Bertz CT molecular complexity index is 1430. The predicted octanol–water partition coefficient (Wildman–Crippen LogP) is 3.18. The van der Waals surface area contributed by atoms with E-state index in [0.717, 1.165) is 15.7 Å². The molecule has 0 bridgehead atoms. The lowest BCUT2D eigenvalue weighted by atomic mass is 10.1. The smallest absolute Gasteiger partial charge is 0.335 e. The number of rotatable bonds is 9. The van der Waals surface area contributed by atoms with E-state index in [2.05, 4.69) is 9.98 Å². The van der Waals surface area contributed by atoms with Crippen LogP contribution in [-0.2, 0) is 22.6 Å². The lowest BCUT2D eigenvalue weighted by molar-refractivity contribution is -0.145. The molecule has 190 valence electrons. The summed E-state index contributed by atoms with van der Waals surface area (Å²) in [5.74, 6) is -0.0504. The molecule has 36 heavy (non-hydrogen) atoms. The van der Waals surface area contributed by atoms with Crippen LogP contribution in [0.15, 0.2) is 57.0 Å². The maximum absolute atomic E-state index is 13.4. The Morgan fingerprint density at radius 1 is 1.17 bits per heavy atom. The van der Waals surface area contributed by atoms with Crippen molar-refractivity contribution in [1.82, 2.24) is 14.1 Å². The van der Waals surface area contributed by atoms with Crippen molar-refractivity contribution in [1.29, 1.82) is 0 Å². The molecule has 1 fully saturated rings. The average Bonchev–Trinajstić information content (AvgIpc) is 3.68. The van der Waals surface area contributed by atoms with Gasteiger partial charge in [-0.3, -0.25) is 14.3 Å². The molecule has 4 rings (SSSR count). The first-order valence-corrected chi connectivity index (χ1v) is 12.2. The maximum atomic E-state index is 13.4. The molecule has 0 radical (unpaired) electrons. The van der Waals surface area contributed by atoms with Crippen molar-refractivity contribution in [3.8, 4) is 5.75 Å². The van der Waals surface area contributed by atoms with Crippen molar-refractivity contribution < 1.29 is 14.3 Å². The van der Waals surface area contributed by atoms with Crippen LogP contribution < -0.4 is 21.7 Å². The van der Waals surface area contributed by atoms with Crippen molar-refractivity contribution in [2.24, 2.45) is 16.8 Å². The Labute approximate surface area is 213 Å². The summed E-state index contributed by atoms with van der Waals surface area (Å²) < 4.78 is 12.9. The van der Waals surface area contributed by atoms with Gasteiger partial charge in [-0.15, -0.1) is 0 Å². The number of carbonyl (C=O) groups is 1. The number of hydrogen-bond donors (Lipinski definition) is 1. The van der Waals surface area contributed by atoms with Crippen molar-refractivity contribution in [3.05, 3.63) is 85.2 Å². The Morgan fingerprint density at radius 2 is 1.89 bits per heavy atom. The van der Waals surface area contributed by atoms with Gasteiger partial charge in [0.15, 0.2) is 0 Å². The lowest BCUT2D eigenvalue weighted by Gasteiger charge is -2.14. The van der Waals surface area contributed by atoms with Crippen LogP contribution in [0.5, 0.6) is 5.75 Å². The van der Waals surface area contributed by atoms with Gasteiger partial charge >= 0.3 is 17.3 Å². The molecule has 10 heteroatoms. The molecular formula is C26H29ClN4O5. The largest absolute Gasteiger partial charge is 0.492 e. The minimum Gasteiger partial charge on any atom is -0.492 e. The molecule has 0 amide bonds. The van der Waals surface area contributed by atoms with Crippen LogP contribution >= 0.6 is 11.6 Å². The fourth-order valence-electron chi connectivity index (χ4n) is 3.66. The molecule has 0 saturated heterocycles. The quantitative estimate of drug-likeness (QED) is 0.443. The van der Waals surface area contributed by atoms with E-state index in [1.165, 1.54) is 24.5 Å². The third-order valence-electron chi connectivity index (χ3n) is 6.02. The van der Waals surface area contributed by atoms with Crippen molar-refractivity contribution >= 4 is 23.3 Å². The van der Waals surface area contributed by atoms with Crippen LogP contribution in [0.25, 0.3) is 0 Å². The first-order chi connectivity index (χ1) is 17.2. The van der Waals surface area contributed by atoms with E-state index in [9.17, 15) is 14.4 Å². The number of aromatic amines is 1. The molecule has 0 spiro atoms. The molecule has 0 aliphatic heterocycles. The summed E-state index contributed by atoms with van der Waals surface area (Å²) >= 11 is 6.40. The molecule has 1 aromatic heterocycles. The van der Waals surface area contributed by atoms with Crippen LogP contribution in [0.3, 0.4) is 0 Å². The highest BCUT2D eigenvalue weighted by molar-refractivity contribution is 6.32. The number of methoxy groups -OCH3 is 1. The summed E-state index contributed by atoms with van der Waals surface area (Å²) in [5, 5.41) is 0.393. The van der Waals surface area contributed by atoms with E-state index in [0.29, 0.717) is 29.0 Å². The summed E-state index contributed by atoms with van der Waals surface area (Å²) in [4.78, 5) is 45.4. The minimum atomic E-state index is -0.689. The van der Waals surface area contributed by atoms with E-state index in [1.807, 2.05) is 31.2 Å². The van der Waals surface area contributed by atoms with Crippen molar-refractivity contribution in [2.45, 2.75) is 39.8 Å². The van der Waals surface area contributed by atoms with Gasteiger partial charge in [-0.2, -0.15) is 0 Å². The van der Waals surface area contributed by atoms with Gasteiger partial charge in [-0.25, -0.2) is 19.1 Å². The maximum Gasteiger partial charge on any atom is 0.335 e. The number of carbonyl (C=O) groups excluding carboxylic acids is 1. The van der Waals surface area contributed by atoms with Crippen molar-refractivity contribution in [3.63, 3.8) is 0 Å². The van der Waals surface area contributed by atoms with Gasteiger partial charge < -0.3 is 9.47 Å². The van der Waals surface area contributed by atoms with Gasteiger partial charge in [0.2, 0.25) is 5.62 Å². The lowest BCUT2D eigenvalue weighted by Crippen LogP contribution is -2.51. The highest BCUT2D eigenvalue weighted by Crippen LogP contribution is 2.33. The normalized spacial score (nSPS) is 14.5. The van der Waals surface area contributed by atoms with Crippen molar-refractivity contribution in [2.75, 3.05) is 13.7 Å². The van der Waals surface area contributed by atoms with E-state index >= 15 is 0 Å². The van der Waals surface area contributed by atoms with Gasteiger partial charge in [0.25, 0.3) is 0 Å². The number of H-pyrrole nitrogens is 1. The second-order valence-corrected chi connectivity index (χ2v) is 9.53. The van der Waals surface area contributed by atoms with Crippen LogP contribution in [0.4, 0.5) is 5.69 Å². The molecule has 1 saturated carbocycles. The number of nitrogens with one attached hydrogen (secondary N) is 1. The molecule has 2 aromatic carbocycles. The van der Waals surface area contributed by atoms with E-state index in [-0.39, 0.29) is 18.7 Å². The van der Waals surface area contributed by atoms with Crippen LogP contribution in [-0.4, -0.2) is 33.8 Å². The molecule has 9 nitrogen and oxygen atoms in total. The monoisotopic (exact) mass is 512 g/mol.